The van der Waals surface area contributed by atoms with Crippen molar-refractivity contribution in [1.82, 2.24) is 0 Å². The molecule has 3 nitrogen and oxygen atoms in total. The third-order valence-corrected chi connectivity index (χ3v) is 4.89. The minimum Gasteiger partial charge on any atom is -0.508 e. The first-order valence-electron chi connectivity index (χ1n) is 8.53. The van der Waals surface area contributed by atoms with Crippen molar-refractivity contribution in [1.29, 1.82) is 5.26 Å². The molecule has 0 amide bonds. The molecule has 1 fully saturated rings. The summed E-state index contributed by atoms with van der Waals surface area (Å²) in [6.45, 7) is 1.33. The van der Waals surface area contributed by atoms with Crippen molar-refractivity contribution in [3.8, 4) is 11.8 Å². The number of benzene rings is 2. The Bertz CT molecular complexity index is 809. The van der Waals surface area contributed by atoms with Crippen molar-refractivity contribution < 1.29 is 18.3 Å². The number of rotatable bonds is 2. The van der Waals surface area contributed by atoms with Crippen LogP contribution in [0.25, 0.3) is 0 Å². The molecule has 1 N–H and O–H groups in total. The van der Waals surface area contributed by atoms with Crippen LogP contribution in [0.15, 0.2) is 42.5 Å². The van der Waals surface area contributed by atoms with Gasteiger partial charge in [0.2, 0.25) is 0 Å². The van der Waals surface area contributed by atoms with Gasteiger partial charge in [-0.05, 0) is 61.1 Å². The molecule has 0 aliphatic carbocycles. The molecule has 0 aromatic heterocycles. The molecule has 0 bridgehead atoms. The maximum absolute atomic E-state index is 13.2. The lowest BCUT2D eigenvalue weighted by atomic mass is 9.92. The van der Waals surface area contributed by atoms with E-state index in [0.29, 0.717) is 24.7 Å². The summed E-state index contributed by atoms with van der Waals surface area (Å²) in [7, 11) is 0. The molecule has 2 aromatic rings. The van der Waals surface area contributed by atoms with E-state index in [0.717, 1.165) is 30.9 Å². The molecule has 1 atom stereocenters. The van der Waals surface area contributed by atoms with Crippen LogP contribution >= 0.6 is 0 Å². The van der Waals surface area contributed by atoms with Crippen molar-refractivity contribution >= 4 is 5.69 Å². The van der Waals surface area contributed by atoms with Crippen LogP contribution in [0.4, 0.5) is 18.9 Å². The van der Waals surface area contributed by atoms with E-state index >= 15 is 0 Å². The highest BCUT2D eigenvalue weighted by Gasteiger charge is 2.34. The number of anilines is 1. The van der Waals surface area contributed by atoms with Crippen LogP contribution in [0.1, 0.15) is 41.9 Å². The summed E-state index contributed by atoms with van der Waals surface area (Å²) in [5.74, 6) is 0.544. The summed E-state index contributed by atoms with van der Waals surface area (Å²) in [6, 6.07) is 12.7. The number of hydrogen-bond acceptors (Lipinski definition) is 3. The zero-order valence-corrected chi connectivity index (χ0v) is 14.1. The third-order valence-electron chi connectivity index (χ3n) is 4.89. The zero-order chi connectivity index (χ0) is 18.7. The molecule has 136 valence electrons. The van der Waals surface area contributed by atoms with Crippen molar-refractivity contribution in [2.45, 2.75) is 31.4 Å². The molecular formula is C20H19F3N2O. The quantitative estimate of drug-likeness (QED) is 0.815. The second-order valence-electron chi connectivity index (χ2n) is 6.55. The highest BCUT2D eigenvalue weighted by atomic mass is 19.4. The average molecular weight is 360 g/mol. The molecule has 1 aliphatic rings. The number of halogens is 3. The predicted molar refractivity (Wildman–Crippen MR) is 93.1 cm³/mol. The smallest absolute Gasteiger partial charge is 0.417 e. The summed E-state index contributed by atoms with van der Waals surface area (Å²) >= 11 is 0. The van der Waals surface area contributed by atoms with Gasteiger partial charge in [-0.3, -0.25) is 0 Å². The van der Waals surface area contributed by atoms with Gasteiger partial charge < -0.3 is 10.0 Å². The monoisotopic (exact) mass is 360 g/mol. The molecule has 0 unspecified atom stereocenters. The summed E-state index contributed by atoms with van der Waals surface area (Å²) < 4.78 is 39.6. The molecular weight excluding hydrogens is 341 g/mol. The Morgan fingerprint density at radius 2 is 1.77 bits per heavy atom. The molecule has 1 aliphatic heterocycles. The number of hydrogen-bond donors (Lipinski definition) is 1. The van der Waals surface area contributed by atoms with E-state index < -0.39 is 11.7 Å². The molecule has 26 heavy (non-hydrogen) atoms. The van der Waals surface area contributed by atoms with Gasteiger partial charge in [0.05, 0.1) is 17.2 Å². The van der Waals surface area contributed by atoms with Gasteiger partial charge in [0, 0.05) is 18.8 Å². The van der Waals surface area contributed by atoms with Gasteiger partial charge in [-0.2, -0.15) is 18.4 Å². The second-order valence-corrected chi connectivity index (χ2v) is 6.55. The lowest BCUT2D eigenvalue weighted by molar-refractivity contribution is -0.137. The Hall–Kier alpha value is -2.68. The van der Waals surface area contributed by atoms with Gasteiger partial charge >= 0.3 is 6.18 Å². The minimum absolute atomic E-state index is 0.223. The van der Waals surface area contributed by atoms with E-state index in [1.807, 2.05) is 17.0 Å². The summed E-state index contributed by atoms with van der Waals surface area (Å²) in [6.07, 6.45) is -1.90. The van der Waals surface area contributed by atoms with Crippen molar-refractivity contribution in [3.05, 3.63) is 59.2 Å². The highest BCUT2D eigenvalue weighted by molar-refractivity contribution is 5.55. The molecule has 3 rings (SSSR count). The molecule has 6 heteroatoms. The van der Waals surface area contributed by atoms with E-state index in [-0.39, 0.29) is 11.3 Å². The first-order valence-corrected chi connectivity index (χ1v) is 8.53. The molecule has 0 saturated carbocycles. The van der Waals surface area contributed by atoms with E-state index in [4.69, 9.17) is 5.26 Å². The lowest BCUT2D eigenvalue weighted by Gasteiger charge is -2.24. The maximum atomic E-state index is 13.2. The van der Waals surface area contributed by atoms with E-state index in [9.17, 15) is 18.3 Å². The Kier molecular flexibility index (Phi) is 5.08. The topological polar surface area (TPSA) is 47.3 Å². The van der Waals surface area contributed by atoms with Crippen LogP contribution < -0.4 is 4.90 Å². The number of alkyl halides is 3. The SMILES string of the molecule is N#Cc1ccc(N2CCC[C@H](c3ccc(O)cc3)CC2)cc1C(F)(F)F. The molecule has 0 spiro atoms. The van der Waals surface area contributed by atoms with Crippen LogP contribution in [0, 0.1) is 11.3 Å². The van der Waals surface area contributed by atoms with Crippen LogP contribution in [-0.4, -0.2) is 18.2 Å². The van der Waals surface area contributed by atoms with Gasteiger partial charge in [-0.1, -0.05) is 12.1 Å². The summed E-state index contributed by atoms with van der Waals surface area (Å²) in [5.41, 5.74) is 0.415. The van der Waals surface area contributed by atoms with E-state index in [1.54, 1.807) is 24.3 Å². The fourth-order valence-electron chi connectivity index (χ4n) is 3.50. The fourth-order valence-corrected chi connectivity index (χ4v) is 3.50. The first kappa shape index (κ1) is 18.1. The number of phenols is 1. The van der Waals surface area contributed by atoms with Gasteiger partial charge in [0.1, 0.15) is 5.75 Å². The fraction of sp³-hybridized carbons (Fsp3) is 0.350. The highest BCUT2D eigenvalue weighted by Crippen LogP contribution is 2.36. The largest absolute Gasteiger partial charge is 0.508 e. The van der Waals surface area contributed by atoms with E-state index in [1.165, 1.54) is 6.07 Å². The average Bonchev–Trinajstić information content (AvgIpc) is 2.87. The van der Waals surface area contributed by atoms with Gasteiger partial charge in [-0.15, -0.1) is 0 Å². The first-order chi connectivity index (χ1) is 12.4. The third kappa shape index (κ3) is 3.93. The Morgan fingerprint density at radius 1 is 1.04 bits per heavy atom. The minimum atomic E-state index is -4.54. The van der Waals surface area contributed by atoms with Crippen LogP contribution in [0.5, 0.6) is 5.75 Å². The Balaban J connectivity index is 1.79. The summed E-state index contributed by atoms with van der Waals surface area (Å²) in [4.78, 5) is 1.96. The van der Waals surface area contributed by atoms with Crippen LogP contribution in [0.2, 0.25) is 0 Å². The molecule has 1 heterocycles. The molecule has 2 aromatic carbocycles. The molecule has 1 saturated heterocycles. The number of aromatic hydroxyl groups is 1. The zero-order valence-electron chi connectivity index (χ0n) is 14.1. The Morgan fingerprint density at radius 3 is 2.42 bits per heavy atom. The van der Waals surface area contributed by atoms with E-state index in [2.05, 4.69) is 0 Å². The van der Waals surface area contributed by atoms with Crippen molar-refractivity contribution in [3.63, 3.8) is 0 Å². The second kappa shape index (κ2) is 7.28. The van der Waals surface area contributed by atoms with Gasteiger partial charge in [0.15, 0.2) is 0 Å². The van der Waals surface area contributed by atoms with Crippen molar-refractivity contribution in [2.75, 3.05) is 18.0 Å². The van der Waals surface area contributed by atoms with Gasteiger partial charge in [-0.25, -0.2) is 0 Å². The normalized spacial score (nSPS) is 18.2. The Labute approximate surface area is 150 Å². The number of phenolic OH excluding ortho intramolecular Hbond substituents is 1. The van der Waals surface area contributed by atoms with Crippen molar-refractivity contribution in [2.24, 2.45) is 0 Å². The van der Waals surface area contributed by atoms with Crippen LogP contribution in [-0.2, 0) is 6.18 Å². The maximum Gasteiger partial charge on any atom is 0.417 e. The predicted octanol–water partition coefficient (Wildman–Crippen LogP) is 5.06. The van der Waals surface area contributed by atoms with Crippen LogP contribution in [0.3, 0.4) is 0 Å². The molecule has 0 radical (unpaired) electrons. The lowest BCUT2D eigenvalue weighted by Crippen LogP contribution is -2.24. The number of nitrogens with zero attached hydrogens (tertiary/aromatic N) is 2. The standard InChI is InChI=1S/C20H19F3N2O/c21-20(22,23)19-12-17(6-3-16(19)13-24)25-10-1-2-14(9-11-25)15-4-7-18(26)8-5-15/h3-8,12,14,26H,1-2,9-11H2/t14-/m0/s1. The number of nitriles is 1. The summed E-state index contributed by atoms with van der Waals surface area (Å²) in [5, 5.41) is 18.3. The van der Waals surface area contributed by atoms with Gasteiger partial charge in [0.25, 0.3) is 0 Å².